The molecule has 1 heteroatoms. The predicted octanol–water partition coefficient (Wildman–Crippen LogP) is 9.54. The minimum absolute atomic E-state index is 0.723. The maximum Gasteiger partial charge on any atom is 0.00388 e. The van der Waals surface area contributed by atoms with Crippen LogP contribution in [0.5, 0.6) is 0 Å². The lowest BCUT2D eigenvalue weighted by atomic mass is 9.79. The molecule has 0 aromatic heterocycles. The van der Waals surface area contributed by atoms with Crippen molar-refractivity contribution in [3.63, 3.8) is 0 Å². The Kier molecular flexibility index (Phi) is 20.2. The average Bonchev–Trinajstić information content (AvgIpc) is 2.71. The Hall–Kier alpha value is -0.560. The topological polar surface area (TPSA) is 3.24 Å². The largest absolute Gasteiger partial charge is 0.300 e. The zero-order valence-electron chi connectivity index (χ0n) is 23.1. The highest BCUT2D eigenvalue weighted by Gasteiger charge is 2.19. The van der Waals surface area contributed by atoms with Crippen LogP contribution in [0, 0.1) is 23.7 Å². The van der Waals surface area contributed by atoms with Crippen LogP contribution in [0.4, 0.5) is 0 Å². The minimum Gasteiger partial charge on any atom is -0.300 e. The first-order chi connectivity index (χ1) is 14.2. The Balaban J connectivity index is 0. The first-order valence-corrected chi connectivity index (χ1v) is 13.3. The lowest BCUT2D eigenvalue weighted by molar-refractivity contribution is 0.207. The molecule has 0 aromatic rings. The molecule has 0 aromatic carbocycles. The molecule has 180 valence electrons. The van der Waals surface area contributed by atoms with Crippen molar-refractivity contribution in [1.82, 2.24) is 4.90 Å². The van der Waals surface area contributed by atoms with E-state index in [4.69, 9.17) is 0 Å². The number of likely N-dealkylation sites (tertiary alicyclic amines) is 1. The van der Waals surface area contributed by atoms with E-state index in [-0.39, 0.29) is 0 Å². The van der Waals surface area contributed by atoms with Crippen molar-refractivity contribution in [2.75, 3.05) is 13.1 Å². The van der Waals surface area contributed by atoms with Crippen LogP contribution in [0.1, 0.15) is 122 Å². The van der Waals surface area contributed by atoms with Gasteiger partial charge in [0, 0.05) is 19.1 Å². The molecule has 0 unspecified atom stereocenters. The molecular weight excluding hydrogens is 362 g/mol. The molecule has 1 saturated heterocycles. The van der Waals surface area contributed by atoms with Crippen molar-refractivity contribution in [3.8, 4) is 0 Å². The summed E-state index contributed by atoms with van der Waals surface area (Å²) in [4.78, 5) is 2.57. The van der Waals surface area contributed by atoms with Crippen molar-refractivity contribution < 1.29 is 0 Å². The summed E-state index contributed by atoms with van der Waals surface area (Å²) >= 11 is 0. The third-order valence-corrected chi connectivity index (χ3v) is 5.92. The van der Waals surface area contributed by atoms with Gasteiger partial charge in [-0.3, -0.25) is 0 Å². The SMILES string of the molecule is CC.CC.CC(C)C=C1CCC(C(C)C)CC1.CC(C)C=C1CCN(C(C)C)CC1. The highest BCUT2D eigenvalue weighted by molar-refractivity contribution is 5.07. The predicted molar refractivity (Wildman–Crippen MR) is 141 cm³/mol. The van der Waals surface area contributed by atoms with E-state index in [1.54, 1.807) is 11.1 Å². The van der Waals surface area contributed by atoms with Crippen LogP contribution in [-0.4, -0.2) is 24.0 Å². The molecule has 2 fully saturated rings. The molecule has 1 aliphatic carbocycles. The second-order valence-electron chi connectivity index (χ2n) is 9.85. The van der Waals surface area contributed by atoms with Crippen LogP contribution < -0.4 is 0 Å². The van der Waals surface area contributed by atoms with Crippen LogP contribution in [-0.2, 0) is 0 Å². The molecule has 0 amide bonds. The van der Waals surface area contributed by atoms with Crippen LogP contribution >= 0.6 is 0 Å². The number of rotatable bonds is 4. The summed E-state index contributed by atoms with van der Waals surface area (Å²) in [6.07, 6.45) is 13.1. The monoisotopic (exact) mass is 421 g/mol. The van der Waals surface area contributed by atoms with Gasteiger partial charge >= 0.3 is 0 Å². The Morgan fingerprint density at radius 2 is 1.00 bits per heavy atom. The molecule has 0 atom stereocenters. The zero-order valence-corrected chi connectivity index (χ0v) is 23.1. The molecule has 1 heterocycles. The summed E-state index contributed by atoms with van der Waals surface area (Å²) in [5.41, 5.74) is 3.39. The fourth-order valence-corrected chi connectivity index (χ4v) is 4.28. The number of nitrogens with zero attached hydrogens (tertiary/aromatic N) is 1. The number of allylic oxidation sites excluding steroid dienone is 3. The maximum atomic E-state index is 2.57. The number of piperidine rings is 1. The maximum absolute atomic E-state index is 2.57. The fraction of sp³-hybridized carbons (Fsp3) is 0.862. The smallest absolute Gasteiger partial charge is 0.00388 e. The van der Waals surface area contributed by atoms with Crippen molar-refractivity contribution in [3.05, 3.63) is 23.3 Å². The first-order valence-electron chi connectivity index (χ1n) is 13.3. The number of hydrogen-bond donors (Lipinski definition) is 0. The van der Waals surface area contributed by atoms with Gasteiger partial charge in [-0.25, -0.2) is 0 Å². The molecule has 0 bridgehead atoms. The van der Waals surface area contributed by atoms with Crippen LogP contribution in [0.15, 0.2) is 23.3 Å². The van der Waals surface area contributed by atoms with Gasteiger partial charge in [0.2, 0.25) is 0 Å². The summed E-state index contributed by atoms with van der Waals surface area (Å²) in [5.74, 6) is 3.34. The zero-order chi connectivity index (χ0) is 23.7. The lowest BCUT2D eigenvalue weighted by Gasteiger charge is -2.31. The molecule has 2 rings (SSSR count). The van der Waals surface area contributed by atoms with Gasteiger partial charge in [-0.05, 0) is 76.0 Å². The molecule has 30 heavy (non-hydrogen) atoms. The fourth-order valence-electron chi connectivity index (χ4n) is 4.28. The molecular formula is C29H59N. The summed E-state index contributed by atoms with van der Waals surface area (Å²) in [6.45, 7) is 28.9. The Morgan fingerprint density at radius 1 is 0.633 bits per heavy atom. The first kappa shape index (κ1) is 31.6. The molecule has 0 N–H and O–H groups in total. The van der Waals surface area contributed by atoms with E-state index in [1.807, 2.05) is 27.7 Å². The Labute approximate surface area is 192 Å². The Bertz CT molecular complexity index is 377. The van der Waals surface area contributed by atoms with Crippen LogP contribution in [0.3, 0.4) is 0 Å². The van der Waals surface area contributed by atoms with E-state index >= 15 is 0 Å². The van der Waals surface area contributed by atoms with Gasteiger partial charge in [-0.1, -0.05) is 92.5 Å². The van der Waals surface area contributed by atoms with E-state index in [9.17, 15) is 0 Å². The molecule has 0 radical (unpaired) electrons. The Morgan fingerprint density at radius 3 is 1.30 bits per heavy atom. The summed E-state index contributed by atoms with van der Waals surface area (Å²) < 4.78 is 0. The highest BCUT2D eigenvalue weighted by Crippen LogP contribution is 2.33. The van der Waals surface area contributed by atoms with Gasteiger partial charge in [-0.2, -0.15) is 0 Å². The third-order valence-electron chi connectivity index (χ3n) is 5.92. The van der Waals surface area contributed by atoms with Crippen molar-refractivity contribution in [2.24, 2.45) is 23.7 Å². The van der Waals surface area contributed by atoms with Gasteiger partial charge in [0.25, 0.3) is 0 Å². The van der Waals surface area contributed by atoms with E-state index < -0.39 is 0 Å². The van der Waals surface area contributed by atoms with Crippen molar-refractivity contribution in [1.29, 1.82) is 0 Å². The van der Waals surface area contributed by atoms with Gasteiger partial charge < -0.3 is 4.90 Å². The second-order valence-corrected chi connectivity index (χ2v) is 9.85. The van der Waals surface area contributed by atoms with Gasteiger partial charge in [0.1, 0.15) is 0 Å². The van der Waals surface area contributed by atoms with E-state index in [0.29, 0.717) is 0 Å². The van der Waals surface area contributed by atoms with E-state index in [1.165, 1.54) is 51.6 Å². The third kappa shape index (κ3) is 15.3. The van der Waals surface area contributed by atoms with Crippen LogP contribution in [0.25, 0.3) is 0 Å². The summed E-state index contributed by atoms with van der Waals surface area (Å²) in [6, 6.07) is 0.723. The normalized spacial score (nSPS) is 19.5. The van der Waals surface area contributed by atoms with Crippen LogP contribution in [0.2, 0.25) is 0 Å². The lowest BCUT2D eigenvalue weighted by Crippen LogP contribution is -2.36. The van der Waals surface area contributed by atoms with Gasteiger partial charge in [-0.15, -0.1) is 0 Å². The van der Waals surface area contributed by atoms with Crippen molar-refractivity contribution >= 4 is 0 Å². The van der Waals surface area contributed by atoms with Crippen molar-refractivity contribution in [2.45, 2.75) is 128 Å². The van der Waals surface area contributed by atoms with Gasteiger partial charge in [0.05, 0.1) is 0 Å². The quantitative estimate of drug-likeness (QED) is 0.408. The molecule has 1 nitrogen and oxygen atoms in total. The van der Waals surface area contributed by atoms with Gasteiger partial charge in [0.15, 0.2) is 0 Å². The minimum atomic E-state index is 0.723. The van der Waals surface area contributed by atoms with E-state index in [0.717, 1.165) is 29.7 Å². The summed E-state index contributed by atoms with van der Waals surface area (Å²) in [5, 5.41) is 0. The highest BCUT2D eigenvalue weighted by atomic mass is 15.1. The molecule has 1 aliphatic heterocycles. The summed E-state index contributed by atoms with van der Waals surface area (Å²) in [7, 11) is 0. The average molecular weight is 422 g/mol. The standard InChI is InChI=1S/C13H24.C12H23N.2C2H6/c2*1-10(2)9-12-5-7-13(8-6-12)11(3)4;2*1-2/h9-11,13H,5-8H2,1-4H3;9-11H,5-8H2,1-4H3;2*1-2H3. The molecule has 0 spiro atoms. The molecule has 1 saturated carbocycles. The number of hydrogen-bond acceptors (Lipinski definition) is 1. The second kappa shape index (κ2) is 19.1. The van der Waals surface area contributed by atoms with E-state index in [2.05, 4.69) is 72.4 Å². The molecule has 2 aliphatic rings.